The van der Waals surface area contributed by atoms with Gasteiger partial charge >= 0.3 is 0 Å². The summed E-state index contributed by atoms with van der Waals surface area (Å²) in [5.74, 6) is 0.761. The fraction of sp³-hybridized carbons (Fsp3) is 0.143. The summed E-state index contributed by atoms with van der Waals surface area (Å²) in [6.07, 6.45) is 3.52. The number of rotatable bonds is 5. The standard InChI is InChI=1S/C14H15N3OS/c1-18-11-2-3-12(14(15)19)13(8-11)17-9-10-4-6-16-7-5-10/h2-8,17H,9H2,1H3,(H2,15,19). The van der Waals surface area contributed by atoms with Crippen molar-refractivity contribution in [1.82, 2.24) is 4.98 Å². The van der Waals surface area contributed by atoms with Crippen LogP contribution in [0.15, 0.2) is 42.7 Å². The van der Waals surface area contributed by atoms with E-state index < -0.39 is 0 Å². The highest BCUT2D eigenvalue weighted by atomic mass is 32.1. The van der Waals surface area contributed by atoms with Crippen LogP contribution in [-0.4, -0.2) is 17.1 Å². The Morgan fingerprint density at radius 2 is 2.05 bits per heavy atom. The first-order valence-electron chi connectivity index (χ1n) is 5.81. The Hall–Kier alpha value is -2.14. The maximum atomic E-state index is 5.72. The zero-order valence-corrected chi connectivity index (χ0v) is 11.4. The summed E-state index contributed by atoms with van der Waals surface area (Å²) in [6, 6.07) is 9.49. The molecule has 3 N–H and O–H groups in total. The van der Waals surface area contributed by atoms with Crippen LogP contribution in [-0.2, 0) is 6.54 Å². The average Bonchev–Trinajstić information content (AvgIpc) is 2.45. The summed E-state index contributed by atoms with van der Waals surface area (Å²) in [7, 11) is 1.63. The van der Waals surface area contributed by atoms with Crippen LogP contribution in [0.1, 0.15) is 11.1 Å². The topological polar surface area (TPSA) is 60.2 Å². The van der Waals surface area contributed by atoms with Crippen molar-refractivity contribution in [3.63, 3.8) is 0 Å². The molecule has 2 aromatic rings. The minimum atomic E-state index is 0.361. The first kappa shape index (κ1) is 13.3. The van der Waals surface area contributed by atoms with Gasteiger partial charge in [0.25, 0.3) is 0 Å². The SMILES string of the molecule is COc1ccc(C(N)=S)c(NCc2ccncc2)c1. The van der Waals surface area contributed by atoms with Crippen molar-refractivity contribution >= 4 is 22.9 Å². The number of aromatic nitrogens is 1. The number of pyridine rings is 1. The van der Waals surface area contributed by atoms with Gasteiger partial charge in [-0.25, -0.2) is 0 Å². The van der Waals surface area contributed by atoms with Crippen LogP contribution in [0.25, 0.3) is 0 Å². The summed E-state index contributed by atoms with van der Waals surface area (Å²) in [6.45, 7) is 0.672. The van der Waals surface area contributed by atoms with Gasteiger partial charge in [-0.15, -0.1) is 0 Å². The minimum Gasteiger partial charge on any atom is -0.497 e. The van der Waals surface area contributed by atoms with Crippen molar-refractivity contribution in [2.75, 3.05) is 12.4 Å². The molecule has 0 saturated carbocycles. The van der Waals surface area contributed by atoms with E-state index in [4.69, 9.17) is 22.7 Å². The quantitative estimate of drug-likeness (QED) is 0.819. The molecule has 0 saturated heterocycles. The van der Waals surface area contributed by atoms with E-state index in [0.29, 0.717) is 11.5 Å². The smallest absolute Gasteiger partial charge is 0.120 e. The first-order valence-corrected chi connectivity index (χ1v) is 6.22. The summed E-state index contributed by atoms with van der Waals surface area (Å²) in [5.41, 5.74) is 8.52. The Morgan fingerprint density at radius 3 is 2.68 bits per heavy atom. The van der Waals surface area contributed by atoms with Gasteiger partial charge in [0.1, 0.15) is 10.7 Å². The molecular weight excluding hydrogens is 258 g/mol. The third kappa shape index (κ3) is 3.42. The fourth-order valence-corrected chi connectivity index (χ4v) is 1.89. The van der Waals surface area contributed by atoms with Crippen LogP contribution in [0.4, 0.5) is 5.69 Å². The molecule has 0 radical (unpaired) electrons. The van der Waals surface area contributed by atoms with Crippen LogP contribution in [0, 0.1) is 0 Å². The van der Waals surface area contributed by atoms with Gasteiger partial charge < -0.3 is 15.8 Å². The Kier molecular flexibility index (Phi) is 4.30. The Bertz CT molecular complexity index is 572. The van der Waals surface area contributed by atoms with E-state index in [-0.39, 0.29) is 0 Å². The molecule has 19 heavy (non-hydrogen) atoms. The predicted octanol–water partition coefficient (Wildman–Crippen LogP) is 2.34. The summed E-state index contributed by atoms with van der Waals surface area (Å²) in [4.78, 5) is 4.35. The molecule has 0 amide bonds. The summed E-state index contributed by atoms with van der Waals surface area (Å²) < 4.78 is 5.21. The summed E-state index contributed by atoms with van der Waals surface area (Å²) in [5, 5.41) is 3.31. The lowest BCUT2D eigenvalue weighted by molar-refractivity contribution is 0.415. The van der Waals surface area contributed by atoms with Gasteiger partial charge in [-0.05, 0) is 29.8 Å². The molecule has 98 valence electrons. The highest BCUT2D eigenvalue weighted by molar-refractivity contribution is 7.80. The largest absolute Gasteiger partial charge is 0.497 e. The average molecular weight is 273 g/mol. The van der Waals surface area contributed by atoms with E-state index >= 15 is 0 Å². The van der Waals surface area contributed by atoms with Gasteiger partial charge in [0, 0.05) is 36.3 Å². The van der Waals surface area contributed by atoms with Crippen LogP contribution in [0.5, 0.6) is 5.75 Å². The molecule has 0 unspecified atom stereocenters. The van der Waals surface area contributed by atoms with Crippen LogP contribution >= 0.6 is 12.2 Å². The van der Waals surface area contributed by atoms with E-state index in [1.54, 1.807) is 19.5 Å². The number of ether oxygens (including phenoxy) is 1. The predicted molar refractivity (Wildman–Crippen MR) is 80.4 cm³/mol. The third-order valence-corrected chi connectivity index (χ3v) is 2.94. The van der Waals surface area contributed by atoms with Gasteiger partial charge in [-0.2, -0.15) is 0 Å². The first-order chi connectivity index (χ1) is 9.20. The molecular formula is C14H15N3OS. The maximum Gasteiger partial charge on any atom is 0.120 e. The highest BCUT2D eigenvalue weighted by Gasteiger charge is 2.06. The third-order valence-electron chi connectivity index (χ3n) is 2.72. The molecule has 0 spiro atoms. The van der Waals surface area contributed by atoms with Crippen molar-refractivity contribution in [2.45, 2.75) is 6.54 Å². The normalized spacial score (nSPS) is 9.95. The van der Waals surface area contributed by atoms with E-state index in [9.17, 15) is 0 Å². The van der Waals surface area contributed by atoms with Crippen molar-refractivity contribution in [3.8, 4) is 5.75 Å². The van der Waals surface area contributed by atoms with Gasteiger partial charge in [0.2, 0.25) is 0 Å². The summed E-state index contributed by atoms with van der Waals surface area (Å²) >= 11 is 5.05. The number of thiocarbonyl (C=S) groups is 1. The molecule has 4 nitrogen and oxygen atoms in total. The maximum absolute atomic E-state index is 5.72. The van der Waals surface area contributed by atoms with Crippen molar-refractivity contribution in [3.05, 3.63) is 53.9 Å². The van der Waals surface area contributed by atoms with E-state index in [1.165, 1.54) is 0 Å². The molecule has 1 heterocycles. The zero-order chi connectivity index (χ0) is 13.7. The lowest BCUT2D eigenvalue weighted by Gasteiger charge is -2.12. The number of hydrogen-bond donors (Lipinski definition) is 2. The molecule has 0 aliphatic heterocycles. The lowest BCUT2D eigenvalue weighted by atomic mass is 10.1. The minimum absolute atomic E-state index is 0.361. The van der Waals surface area contributed by atoms with Gasteiger partial charge in [0.05, 0.1) is 7.11 Å². The number of nitrogens with one attached hydrogen (secondary N) is 1. The van der Waals surface area contributed by atoms with E-state index in [2.05, 4.69) is 10.3 Å². The van der Waals surface area contributed by atoms with Crippen molar-refractivity contribution < 1.29 is 4.74 Å². The molecule has 5 heteroatoms. The highest BCUT2D eigenvalue weighted by Crippen LogP contribution is 2.23. The van der Waals surface area contributed by atoms with Crippen LogP contribution in [0.2, 0.25) is 0 Å². The monoisotopic (exact) mass is 273 g/mol. The van der Waals surface area contributed by atoms with Gasteiger partial charge in [-0.3, -0.25) is 4.98 Å². The number of nitrogens with two attached hydrogens (primary N) is 1. The van der Waals surface area contributed by atoms with Crippen molar-refractivity contribution in [2.24, 2.45) is 5.73 Å². The molecule has 0 atom stereocenters. The molecule has 0 bridgehead atoms. The molecule has 0 aliphatic carbocycles. The Morgan fingerprint density at radius 1 is 1.32 bits per heavy atom. The zero-order valence-electron chi connectivity index (χ0n) is 10.6. The second kappa shape index (κ2) is 6.15. The lowest BCUT2D eigenvalue weighted by Crippen LogP contribution is -2.13. The number of methoxy groups -OCH3 is 1. The molecule has 1 aromatic carbocycles. The Labute approximate surface area is 117 Å². The van der Waals surface area contributed by atoms with Gasteiger partial charge in [-0.1, -0.05) is 12.2 Å². The number of hydrogen-bond acceptors (Lipinski definition) is 4. The molecule has 0 fully saturated rings. The molecule has 2 rings (SSSR count). The second-order valence-electron chi connectivity index (χ2n) is 3.98. The van der Waals surface area contributed by atoms with Crippen LogP contribution < -0.4 is 15.8 Å². The number of anilines is 1. The fourth-order valence-electron chi connectivity index (χ4n) is 1.71. The van der Waals surface area contributed by atoms with E-state index in [0.717, 1.165) is 22.6 Å². The number of benzene rings is 1. The molecule has 0 aliphatic rings. The second-order valence-corrected chi connectivity index (χ2v) is 4.42. The number of nitrogens with zero attached hydrogens (tertiary/aromatic N) is 1. The molecule has 1 aromatic heterocycles. The van der Waals surface area contributed by atoms with Crippen molar-refractivity contribution in [1.29, 1.82) is 0 Å². The van der Waals surface area contributed by atoms with E-state index in [1.807, 2.05) is 30.3 Å². The van der Waals surface area contributed by atoms with Crippen LogP contribution in [0.3, 0.4) is 0 Å². The van der Waals surface area contributed by atoms with Gasteiger partial charge in [0.15, 0.2) is 0 Å². The Balaban J connectivity index is 2.20.